The highest BCUT2D eigenvalue weighted by Gasteiger charge is 2.20. The number of ether oxygens (including phenoxy) is 1. The third-order valence-electron chi connectivity index (χ3n) is 6.22. The quantitative estimate of drug-likeness (QED) is 0.563. The van der Waals surface area contributed by atoms with E-state index in [4.69, 9.17) is 9.72 Å². The van der Waals surface area contributed by atoms with Crippen molar-refractivity contribution in [2.24, 2.45) is 0 Å². The van der Waals surface area contributed by atoms with Crippen LogP contribution in [0.3, 0.4) is 0 Å². The maximum absolute atomic E-state index is 12.8. The lowest BCUT2D eigenvalue weighted by Gasteiger charge is -2.26. The molecule has 2 N–H and O–H groups in total. The maximum atomic E-state index is 12.8. The van der Waals surface area contributed by atoms with Gasteiger partial charge >= 0.3 is 0 Å². The highest BCUT2D eigenvalue weighted by molar-refractivity contribution is 7.13. The smallest absolute Gasteiger partial charge is 0.270 e. The summed E-state index contributed by atoms with van der Waals surface area (Å²) >= 11 is 1.54. The van der Waals surface area contributed by atoms with Gasteiger partial charge in [0.1, 0.15) is 10.7 Å². The molecule has 2 saturated heterocycles. The van der Waals surface area contributed by atoms with E-state index in [0.29, 0.717) is 25.5 Å². The van der Waals surface area contributed by atoms with E-state index in [-0.39, 0.29) is 11.8 Å². The standard InChI is InChI=1S/C25H29N5O3S/c31-23(16-29-9-11-33-12-10-29)27-20-6-4-5-18(13-20)24-28-22(17-34-24)19-14-21(26-15-19)25(32)30-7-2-1-3-8-30/h4-6,13-15,17,26H,1-3,7-12,16H2,(H,27,31). The van der Waals surface area contributed by atoms with Gasteiger partial charge in [-0.25, -0.2) is 4.98 Å². The fourth-order valence-electron chi connectivity index (χ4n) is 4.36. The van der Waals surface area contributed by atoms with Gasteiger partial charge in [-0.1, -0.05) is 12.1 Å². The van der Waals surface area contributed by atoms with Gasteiger partial charge in [-0.2, -0.15) is 0 Å². The maximum Gasteiger partial charge on any atom is 0.270 e. The van der Waals surface area contributed by atoms with Crippen molar-refractivity contribution in [1.82, 2.24) is 19.8 Å². The largest absolute Gasteiger partial charge is 0.379 e. The average molecular weight is 480 g/mol. The molecule has 2 amide bonds. The molecule has 0 saturated carbocycles. The molecule has 9 heteroatoms. The lowest BCUT2D eigenvalue weighted by Crippen LogP contribution is -2.41. The van der Waals surface area contributed by atoms with Gasteiger partial charge in [0.15, 0.2) is 0 Å². The number of likely N-dealkylation sites (tertiary alicyclic amines) is 1. The van der Waals surface area contributed by atoms with Crippen LogP contribution in [0.2, 0.25) is 0 Å². The summed E-state index contributed by atoms with van der Waals surface area (Å²) in [6, 6.07) is 9.63. The highest BCUT2D eigenvalue weighted by atomic mass is 32.1. The number of benzene rings is 1. The third-order valence-corrected chi connectivity index (χ3v) is 7.11. The Hall–Kier alpha value is -3.01. The van der Waals surface area contributed by atoms with Crippen molar-refractivity contribution < 1.29 is 14.3 Å². The number of rotatable bonds is 6. The molecule has 34 heavy (non-hydrogen) atoms. The molecule has 8 nitrogen and oxygen atoms in total. The van der Waals surface area contributed by atoms with Crippen molar-refractivity contribution in [3.05, 3.63) is 47.6 Å². The molecule has 0 aliphatic carbocycles. The average Bonchev–Trinajstić information content (AvgIpc) is 3.55. The molecule has 2 aliphatic rings. The molecule has 0 atom stereocenters. The Labute approximate surface area is 202 Å². The second kappa shape index (κ2) is 10.5. The van der Waals surface area contributed by atoms with Crippen molar-refractivity contribution >= 4 is 28.8 Å². The Balaban J connectivity index is 1.24. The monoisotopic (exact) mass is 479 g/mol. The van der Waals surface area contributed by atoms with E-state index in [1.165, 1.54) is 6.42 Å². The molecule has 0 spiro atoms. The molecule has 1 aromatic carbocycles. The van der Waals surface area contributed by atoms with Crippen molar-refractivity contribution in [3.8, 4) is 21.8 Å². The molecule has 2 fully saturated rings. The van der Waals surface area contributed by atoms with E-state index in [2.05, 4.69) is 15.2 Å². The molecular formula is C25H29N5O3S. The summed E-state index contributed by atoms with van der Waals surface area (Å²) < 4.78 is 5.34. The Morgan fingerprint density at radius 3 is 2.71 bits per heavy atom. The van der Waals surface area contributed by atoms with Crippen LogP contribution < -0.4 is 5.32 Å². The van der Waals surface area contributed by atoms with Crippen LogP contribution in [0.15, 0.2) is 41.9 Å². The summed E-state index contributed by atoms with van der Waals surface area (Å²) in [5.41, 5.74) is 4.04. The number of carbonyl (C=O) groups is 2. The minimum Gasteiger partial charge on any atom is -0.379 e. The fourth-order valence-corrected chi connectivity index (χ4v) is 5.19. The van der Waals surface area contributed by atoms with E-state index in [9.17, 15) is 9.59 Å². The summed E-state index contributed by atoms with van der Waals surface area (Å²) in [5.74, 6) is 0.0269. The molecule has 2 aromatic heterocycles. The summed E-state index contributed by atoms with van der Waals surface area (Å²) in [6.07, 6.45) is 5.18. The van der Waals surface area contributed by atoms with Gasteiger partial charge in [-0.15, -0.1) is 11.3 Å². The van der Waals surface area contributed by atoms with E-state index in [0.717, 1.165) is 66.5 Å². The zero-order chi connectivity index (χ0) is 23.3. The molecule has 0 unspecified atom stereocenters. The van der Waals surface area contributed by atoms with Gasteiger partial charge in [-0.3, -0.25) is 14.5 Å². The highest BCUT2D eigenvalue weighted by Crippen LogP contribution is 2.31. The molecule has 0 radical (unpaired) electrons. The summed E-state index contributed by atoms with van der Waals surface area (Å²) in [7, 11) is 0. The van der Waals surface area contributed by atoms with Crippen LogP contribution in [-0.2, 0) is 9.53 Å². The Morgan fingerprint density at radius 1 is 1.06 bits per heavy atom. The number of amides is 2. The number of aromatic nitrogens is 2. The van der Waals surface area contributed by atoms with Gasteiger partial charge in [0, 0.05) is 54.6 Å². The Morgan fingerprint density at radius 2 is 1.88 bits per heavy atom. The van der Waals surface area contributed by atoms with E-state index in [1.807, 2.05) is 46.8 Å². The summed E-state index contributed by atoms with van der Waals surface area (Å²) in [4.78, 5) is 37.1. The van der Waals surface area contributed by atoms with Crippen LogP contribution in [0.4, 0.5) is 5.69 Å². The number of hydrogen-bond acceptors (Lipinski definition) is 6. The van der Waals surface area contributed by atoms with Crippen molar-refractivity contribution in [2.45, 2.75) is 19.3 Å². The Bertz CT molecular complexity index is 1140. The van der Waals surface area contributed by atoms with Crippen molar-refractivity contribution in [2.75, 3.05) is 51.3 Å². The summed E-state index contributed by atoms with van der Waals surface area (Å²) in [6.45, 7) is 4.91. The number of morpholine rings is 1. The van der Waals surface area contributed by atoms with Crippen LogP contribution in [0.5, 0.6) is 0 Å². The van der Waals surface area contributed by atoms with Gasteiger partial charge in [0.25, 0.3) is 5.91 Å². The summed E-state index contributed by atoms with van der Waals surface area (Å²) in [5, 5.41) is 5.86. The topological polar surface area (TPSA) is 90.6 Å². The molecule has 5 rings (SSSR count). The predicted molar refractivity (Wildman–Crippen MR) is 133 cm³/mol. The molecule has 0 bridgehead atoms. The first kappa shape index (κ1) is 22.8. The number of thiazole rings is 1. The van der Waals surface area contributed by atoms with Crippen LogP contribution in [0, 0.1) is 0 Å². The normalized spacial score (nSPS) is 17.0. The first-order chi connectivity index (χ1) is 16.7. The third kappa shape index (κ3) is 5.38. The first-order valence-corrected chi connectivity index (χ1v) is 12.7. The van der Waals surface area contributed by atoms with E-state index in [1.54, 1.807) is 11.3 Å². The second-order valence-electron chi connectivity index (χ2n) is 8.71. The number of carbonyl (C=O) groups excluding carboxylic acids is 2. The SMILES string of the molecule is O=C(CN1CCOCC1)Nc1cccc(-c2nc(-c3c[nH]c(C(=O)N4CCCCC4)c3)cs2)c1. The van der Waals surface area contributed by atoms with Crippen LogP contribution >= 0.6 is 11.3 Å². The number of anilines is 1. The number of nitrogens with zero attached hydrogens (tertiary/aromatic N) is 3. The number of H-pyrrole nitrogens is 1. The van der Waals surface area contributed by atoms with Crippen molar-refractivity contribution in [1.29, 1.82) is 0 Å². The van der Waals surface area contributed by atoms with Crippen LogP contribution in [0.25, 0.3) is 21.8 Å². The Kier molecular flexibility index (Phi) is 7.03. The molecule has 178 valence electrons. The molecular weight excluding hydrogens is 450 g/mol. The minimum atomic E-state index is -0.0305. The zero-order valence-corrected chi connectivity index (χ0v) is 19.9. The lowest BCUT2D eigenvalue weighted by atomic mass is 10.1. The van der Waals surface area contributed by atoms with Gasteiger partial charge in [-0.05, 0) is 37.5 Å². The number of hydrogen-bond donors (Lipinski definition) is 2. The molecule has 2 aliphatic heterocycles. The van der Waals surface area contributed by atoms with Crippen LogP contribution in [-0.4, -0.2) is 77.5 Å². The van der Waals surface area contributed by atoms with E-state index >= 15 is 0 Å². The first-order valence-electron chi connectivity index (χ1n) is 11.8. The second-order valence-corrected chi connectivity index (χ2v) is 9.57. The van der Waals surface area contributed by atoms with Crippen LogP contribution in [0.1, 0.15) is 29.8 Å². The van der Waals surface area contributed by atoms with Crippen molar-refractivity contribution in [3.63, 3.8) is 0 Å². The molecule has 4 heterocycles. The number of piperidine rings is 1. The predicted octanol–water partition coefficient (Wildman–Crippen LogP) is 3.70. The van der Waals surface area contributed by atoms with E-state index < -0.39 is 0 Å². The minimum absolute atomic E-state index is 0.0305. The fraction of sp³-hybridized carbons (Fsp3) is 0.400. The number of nitrogens with one attached hydrogen (secondary N) is 2. The zero-order valence-electron chi connectivity index (χ0n) is 19.1. The number of aromatic amines is 1. The van der Waals surface area contributed by atoms with Gasteiger partial charge < -0.3 is 19.9 Å². The van der Waals surface area contributed by atoms with Gasteiger partial charge in [0.2, 0.25) is 5.91 Å². The van der Waals surface area contributed by atoms with Gasteiger partial charge in [0.05, 0.1) is 25.5 Å². The lowest BCUT2D eigenvalue weighted by molar-refractivity contribution is -0.118. The molecule has 3 aromatic rings.